The summed E-state index contributed by atoms with van der Waals surface area (Å²) in [5.74, 6) is 1.80. The van der Waals surface area contributed by atoms with Crippen LogP contribution < -0.4 is 14.4 Å². The van der Waals surface area contributed by atoms with E-state index in [0.717, 1.165) is 5.56 Å². The molecule has 1 aromatic carbocycles. The van der Waals surface area contributed by atoms with Gasteiger partial charge < -0.3 is 19.5 Å². The van der Waals surface area contributed by atoms with Gasteiger partial charge in [-0.25, -0.2) is 9.97 Å². The van der Waals surface area contributed by atoms with Gasteiger partial charge in [-0.1, -0.05) is 0 Å². The molecule has 7 heteroatoms. The highest BCUT2D eigenvalue weighted by molar-refractivity contribution is 5.44. The third kappa shape index (κ3) is 4.12. The quantitative estimate of drug-likeness (QED) is 0.826. The van der Waals surface area contributed by atoms with Gasteiger partial charge in [0.15, 0.2) is 0 Å². The van der Waals surface area contributed by atoms with Gasteiger partial charge >= 0.3 is 0 Å². The largest absolute Gasteiger partial charge is 0.497 e. The fraction of sp³-hybridized carbons (Fsp3) is 0.353. The first-order chi connectivity index (χ1) is 11.6. The molecule has 7 nitrogen and oxygen atoms in total. The van der Waals surface area contributed by atoms with Crippen LogP contribution in [0.3, 0.4) is 0 Å². The zero-order valence-corrected chi connectivity index (χ0v) is 14.0. The van der Waals surface area contributed by atoms with Gasteiger partial charge in [0.1, 0.15) is 23.3 Å². The van der Waals surface area contributed by atoms with E-state index in [0.29, 0.717) is 36.2 Å². The van der Waals surface area contributed by atoms with Crippen LogP contribution in [0.5, 0.6) is 11.5 Å². The van der Waals surface area contributed by atoms with Gasteiger partial charge in [-0.15, -0.1) is 0 Å². The van der Waals surface area contributed by atoms with Gasteiger partial charge in [0.25, 0.3) is 0 Å². The summed E-state index contributed by atoms with van der Waals surface area (Å²) in [4.78, 5) is 10.4. The molecule has 0 unspecified atom stereocenters. The Hall–Kier alpha value is -2.85. The van der Waals surface area contributed by atoms with Crippen molar-refractivity contribution in [2.24, 2.45) is 0 Å². The van der Waals surface area contributed by atoms with Crippen molar-refractivity contribution in [3.05, 3.63) is 41.2 Å². The molecule has 1 aromatic heterocycles. The van der Waals surface area contributed by atoms with Crippen molar-refractivity contribution in [2.75, 3.05) is 32.3 Å². The maximum Gasteiger partial charge on any atom is 0.227 e. The Labute approximate surface area is 141 Å². The molecule has 1 N–H and O–H groups in total. The Morgan fingerprint density at radius 2 is 2.00 bits per heavy atom. The third-order valence-electron chi connectivity index (χ3n) is 3.46. The zero-order chi connectivity index (χ0) is 17.5. The summed E-state index contributed by atoms with van der Waals surface area (Å²) in [5.41, 5.74) is 1.85. The number of ether oxygens (including phenoxy) is 2. The van der Waals surface area contributed by atoms with Crippen molar-refractivity contribution in [2.45, 2.75) is 13.5 Å². The standard InChI is InChI=1S/C17H20N4O3/c1-12-8-14(10-18)20-17(19-12)21(6-7-22)11-13-9-15(23-2)4-5-16(13)24-3/h4-5,8-9,22H,6-7,11H2,1-3H3. The van der Waals surface area contributed by atoms with E-state index >= 15 is 0 Å². The Bertz CT molecular complexity index is 743. The lowest BCUT2D eigenvalue weighted by Gasteiger charge is -2.23. The van der Waals surface area contributed by atoms with E-state index in [2.05, 4.69) is 9.97 Å². The van der Waals surface area contributed by atoms with E-state index in [9.17, 15) is 5.11 Å². The van der Waals surface area contributed by atoms with E-state index in [1.165, 1.54) is 0 Å². The summed E-state index contributed by atoms with van der Waals surface area (Å²) in [7, 11) is 3.19. The number of hydrogen-bond acceptors (Lipinski definition) is 7. The van der Waals surface area contributed by atoms with Crippen molar-refractivity contribution in [3.63, 3.8) is 0 Å². The molecule has 2 aromatic rings. The second-order valence-electron chi connectivity index (χ2n) is 5.13. The Morgan fingerprint density at radius 3 is 2.62 bits per heavy atom. The minimum absolute atomic E-state index is 0.0640. The van der Waals surface area contributed by atoms with Gasteiger partial charge in [0.05, 0.1) is 20.8 Å². The maximum absolute atomic E-state index is 9.38. The molecule has 126 valence electrons. The average Bonchev–Trinajstić information content (AvgIpc) is 2.60. The van der Waals surface area contributed by atoms with Crippen molar-refractivity contribution in [1.82, 2.24) is 9.97 Å². The molecule has 0 fully saturated rings. The van der Waals surface area contributed by atoms with Gasteiger partial charge in [-0.2, -0.15) is 5.26 Å². The van der Waals surface area contributed by atoms with Crippen molar-refractivity contribution in [3.8, 4) is 17.6 Å². The van der Waals surface area contributed by atoms with Crippen LogP contribution in [0.1, 0.15) is 17.0 Å². The van der Waals surface area contributed by atoms with Gasteiger partial charge in [0, 0.05) is 24.3 Å². The van der Waals surface area contributed by atoms with E-state index in [4.69, 9.17) is 14.7 Å². The Kier molecular flexibility index (Phi) is 5.93. The average molecular weight is 328 g/mol. The second-order valence-corrected chi connectivity index (χ2v) is 5.13. The predicted octanol–water partition coefficient (Wildman–Crippen LogP) is 1.67. The number of benzene rings is 1. The first-order valence-electron chi connectivity index (χ1n) is 7.43. The van der Waals surface area contributed by atoms with Crippen molar-refractivity contribution >= 4 is 5.95 Å². The molecule has 0 aliphatic carbocycles. The van der Waals surface area contributed by atoms with E-state index in [-0.39, 0.29) is 12.3 Å². The van der Waals surface area contributed by atoms with Crippen LogP contribution in [0.2, 0.25) is 0 Å². The maximum atomic E-state index is 9.38. The third-order valence-corrected chi connectivity index (χ3v) is 3.46. The molecule has 0 saturated carbocycles. The fourth-order valence-corrected chi connectivity index (χ4v) is 2.33. The lowest BCUT2D eigenvalue weighted by molar-refractivity contribution is 0.300. The normalized spacial score (nSPS) is 10.1. The number of aliphatic hydroxyl groups is 1. The van der Waals surface area contributed by atoms with Crippen molar-refractivity contribution < 1.29 is 14.6 Å². The molecule has 24 heavy (non-hydrogen) atoms. The first-order valence-corrected chi connectivity index (χ1v) is 7.43. The highest BCUT2D eigenvalue weighted by Crippen LogP contribution is 2.26. The highest BCUT2D eigenvalue weighted by atomic mass is 16.5. The lowest BCUT2D eigenvalue weighted by atomic mass is 10.1. The summed E-state index contributed by atoms with van der Waals surface area (Å²) in [6, 6.07) is 9.15. The minimum atomic E-state index is -0.0640. The monoisotopic (exact) mass is 328 g/mol. The molecule has 0 bridgehead atoms. The number of nitriles is 1. The van der Waals surface area contributed by atoms with E-state index in [1.54, 1.807) is 32.1 Å². The molecule has 0 amide bonds. The van der Waals surface area contributed by atoms with Crippen molar-refractivity contribution in [1.29, 1.82) is 5.26 Å². The molecule has 0 radical (unpaired) electrons. The Balaban J connectivity index is 2.39. The molecule has 2 rings (SSSR count). The smallest absolute Gasteiger partial charge is 0.227 e. The van der Waals surface area contributed by atoms with Crippen LogP contribution >= 0.6 is 0 Å². The molecule has 0 spiro atoms. The summed E-state index contributed by atoms with van der Waals surface area (Å²) >= 11 is 0. The SMILES string of the molecule is COc1ccc(OC)c(CN(CCO)c2nc(C)cc(C#N)n2)c1. The summed E-state index contributed by atoms with van der Waals surface area (Å²) < 4.78 is 10.6. The minimum Gasteiger partial charge on any atom is -0.497 e. The molecule has 0 aliphatic rings. The number of aryl methyl sites for hydroxylation is 1. The van der Waals surface area contributed by atoms with Crippen LogP contribution in [-0.4, -0.2) is 42.4 Å². The Morgan fingerprint density at radius 1 is 1.21 bits per heavy atom. The van der Waals surface area contributed by atoms with Crippen LogP contribution in [0, 0.1) is 18.3 Å². The van der Waals surface area contributed by atoms with Gasteiger partial charge in [0.2, 0.25) is 5.95 Å². The molecule has 1 heterocycles. The summed E-state index contributed by atoms with van der Waals surface area (Å²) in [6.45, 7) is 2.48. The first kappa shape index (κ1) is 17.5. The van der Waals surface area contributed by atoms with E-state index < -0.39 is 0 Å². The van der Waals surface area contributed by atoms with Crippen LogP contribution in [-0.2, 0) is 6.54 Å². The molecule has 0 saturated heterocycles. The van der Waals surface area contributed by atoms with Gasteiger partial charge in [-0.3, -0.25) is 0 Å². The fourth-order valence-electron chi connectivity index (χ4n) is 2.33. The van der Waals surface area contributed by atoms with Crippen LogP contribution in [0.4, 0.5) is 5.95 Å². The molecule has 0 aliphatic heterocycles. The van der Waals surface area contributed by atoms with E-state index in [1.807, 2.05) is 24.3 Å². The molecular weight excluding hydrogens is 308 g/mol. The predicted molar refractivity (Wildman–Crippen MR) is 89.2 cm³/mol. The topological polar surface area (TPSA) is 91.5 Å². The molecular formula is C17H20N4O3. The second kappa shape index (κ2) is 8.13. The number of nitrogens with zero attached hydrogens (tertiary/aromatic N) is 4. The zero-order valence-electron chi connectivity index (χ0n) is 14.0. The van der Waals surface area contributed by atoms with Gasteiger partial charge in [-0.05, 0) is 31.2 Å². The number of aliphatic hydroxyl groups excluding tert-OH is 1. The number of methoxy groups -OCH3 is 2. The lowest BCUT2D eigenvalue weighted by Crippen LogP contribution is -2.28. The number of aromatic nitrogens is 2. The summed E-state index contributed by atoms with van der Waals surface area (Å²) in [6.07, 6.45) is 0. The number of hydrogen-bond donors (Lipinski definition) is 1. The summed E-state index contributed by atoms with van der Waals surface area (Å²) in [5, 5.41) is 18.5. The highest BCUT2D eigenvalue weighted by Gasteiger charge is 2.15. The van der Waals surface area contributed by atoms with Crippen LogP contribution in [0.25, 0.3) is 0 Å². The van der Waals surface area contributed by atoms with Crippen LogP contribution in [0.15, 0.2) is 24.3 Å². The number of rotatable bonds is 7. The number of anilines is 1. The molecule has 0 atom stereocenters.